The van der Waals surface area contributed by atoms with Crippen LogP contribution in [-0.4, -0.2) is 67.8 Å². The number of fused-ring (bicyclic) bond motifs is 1. The molecular formula is C20H20BrN5O4. The summed E-state index contributed by atoms with van der Waals surface area (Å²) in [6, 6.07) is 6.36. The van der Waals surface area contributed by atoms with Crippen molar-refractivity contribution in [2.45, 2.75) is 12.6 Å². The summed E-state index contributed by atoms with van der Waals surface area (Å²) < 4.78 is 2.39. The smallest absolute Gasteiger partial charge is 0.325 e. The average Bonchev–Trinajstić information content (AvgIpc) is 3.05. The van der Waals surface area contributed by atoms with E-state index in [9.17, 15) is 19.8 Å². The summed E-state index contributed by atoms with van der Waals surface area (Å²) in [6.45, 7) is 2.02. The van der Waals surface area contributed by atoms with Gasteiger partial charge in [0.2, 0.25) is 5.95 Å². The Bertz CT molecular complexity index is 1080. The van der Waals surface area contributed by atoms with Gasteiger partial charge >= 0.3 is 11.9 Å². The molecule has 1 atom stereocenters. The maximum Gasteiger partial charge on any atom is 0.325 e. The number of halogens is 1. The van der Waals surface area contributed by atoms with Crippen LogP contribution in [0, 0.1) is 0 Å². The van der Waals surface area contributed by atoms with Crippen LogP contribution in [-0.2, 0) is 16.1 Å². The predicted molar refractivity (Wildman–Crippen MR) is 113 cm³/mol. The van der Waals surface area contributed by atoms with Crippen molar-refractivity contribution in [3.8, 4) is 0 Å². The van der Waals surface area contributed by atoms with Crippen LogP contribution in [0.4, 0.5) is 5.95 Å². The molecule has 1 aliphatic heterocycles. The molecule has 3 heterocycles. The molecule has 156 valence electrons. The van der Waals surface area contributed by atoms with E-state index in [0.717, 1.165) is 9.86 Å². The number of hydrogen-bond acceptors (Lipinski definition) is 6. The molecule has 1 aromatic carbocycles. The van der Waals surface area contributed by atoms with Crippen LogP contribution in [0.25, 0.3) is 10.9 Å². The van der Waals surface area contributed by atoms with Crippen molar-refractivity contribution in [3.63, 3.8) is 0 Å². The van der Waals surface area contributed by atoms with Crippen LogP contribution in [0.5, 0.6) is 0 Å². The van der Waals surface area contributed by atoms with Crippen LogP contribution in [0.1, 0.15) is 11.6 Å². The van der Waals surface area contributed by atoms with Gasteiger partial charge in [-0.1, -0.05) is 22.0 Å². The lowest BCUT2D eigenvalue weighted by molar-refractivity contribution is -0.143. The van der Waals surface area contributed by atoms with Crippen molar-refractivity contribution < 1.29 is 19.8 Å². The van der Waals surface area contributed by atoms with Gasteiger partial charge in [-0.2, -0.15) is 0 Å². The zero-order valence-electron chi connectivity index (χ0n) is 16.0. The lowest BCUT2D eigenvalue weighted by Gasteiger charge is -2.37. The first-order valence-electron chi connectivity index (χ1n) is 9.43. The van der Waals surface area contributed by atoms with Crippen LogP contribution in [0.3, 0.4) is 0 Å². The summed E-state index contributed by atoms with van der Waals surface area (Å²) in [5, 5.41) is 20.1. The Morgan fingerprint density at radius 1 is 1.10 bits per heavy atom. The molecule has 4 rings (SSSR count). The molecule has 0 radical (unpaired) electrons. The third kappa shape index (κ3) is 4.01. The molecule has 1 fully saturated rings. The number of carboxylic acid groups (broad SMARTS) is 2. The van der Waals surface area contributed by atoms with Crippen molar-refractivity contribution >= 4 is 44.7 Å². The zero-order chi connectivity index (χ0) is 21.3. The SMILES string of the molecule is O=C(O)Cn1cc([C@H](C(=O)O)N2CCN(c3ncccn3)CC2)c2ccc(Br)cc21. The summed E-state index contributed by atoms with van der Waals surface area (Å²) in [5.74, 6) is -1.31. The summed E-state index contributed by atoms with van der Waals surface area (Å²) in [6.07, 6.45) is 5.02. The number of anilines is 1. The Hall–Kier alpha value is -2.98. The van der Waals surface area contributed by atoms with E-state index in [2.05, 4.69) is 25.9 Å². The molecule has 1 aliphatic rings. The number of piperazine rings is 1. The van der Waals surface area contributed by atoms with Crippen molar-refractivity contribution in [1.82, 2.24) is 19.4 Å². The fourth-order valence-electron chi connectivity index (χ4n) is 3.91. The maximum absolute atomic E-state index is 12.3. The quantitative estimate of drug-likeness (QED) is 0.560. The van der Waals surface area contributed by atoms with Crippen LogP contribution in [0.2, 0.25) is 0 Å². The second-order valence-electron chi connectivity index (χ2n) is 7.08. The number of carbonyl (C=O) groups is 2. The number of hydrogen-bond donors (Lipinski definition) is 2. The van der Waals surface area contributed by atoms with Crippen molar-refractivity contribution in [1.29, 1.82) is 0 Å². The Morgan fingerprint density at radius 2 is 1.80 bits per heavy atom. The molecule has 0 spiro atoms. The second-order valence-corrected chi connectivity index (χ2v) is 8.00. The van der Waals surface area contributed by atoms with E-state index in [4.69, 9.17) is 0 Å². The third-order valence-corrected chi connectivity index (χ3v) is 5.72. The van der Waals surface area contributed by atoms with Gasteiger partial charge in [-0.05, 0) is 18.2 Å². The molecule has 0 unspecified atom stereocenters. The lowest BCUT2D eigenvalue weighted by Crippen LogP contribution is -2.49. The molecule has 0 aliphatic carbocycles. The Kier molecular flexibility index (Phi) is 5.69. The number of carboxylic acids is 2. The largest absolute Gasteiger partial charge is 0.480 e. The fourth-order valence-corrected chi connectivity index (χ4v) is 4.26. The van der Waals surface area contributed by atoms with E-state index in [1.54, 1.807) is 29.2 Å². The summed E-state index contributed by atoms with van der Waals surface area (Å²) >= 11 is 3.41. The van der Waals surface area contributed by atoms with E-state index >= 15 is 0 Å². The van der Waals surface area contributed by atoms with Gasteiger partial charge in [0.05, 0.1) is 5.52 Å². The van der Waals surface area contributed by atoms with Gasteiger partial charge in [-0.3, -0.25) is 14.5 Å². The number of aromatic nitrogens is 3. The topological polar surface area (TPSA) is 112 Å². The molecule has 10 heteroatoms. The van der Waals surface area contributed by atoms with Gasteiger partial charge in [-0.15, -0.1) is 0 Å². The Labute approximate surface area is 180 Å². The molecule has 0 amide bonds. The Balaban J connectivity index is 1.65. The van der Waals surface area contributed by atoms with Crippen LogP contribution >= 0.6 is 15.9 Å². The predicted octanol–water partition coefficient (Wildman–Crippen LogP) is 2.23. The molecule has 2 N–H and O–H groups in total. The summed E-state index contributed by atoms with van der Waals surface area (Å²) in [7, 11) is 0. The first kappa shape index (κ1) is 20.3. The van der Waals surface area contributed by atoms with Crippen LogP contribution < -0.4 is 4.90 Å². The monoisotopic (exact) mass is 473 g/mol. The van der Waals surface area contributed by atoms with Gasteiger partial charge in [0.25, 0.3) is 0 Å². The highest BCUT2D eigenvalue weighted by Crippen LogP contribution is 2.33. The number of rotatable bonds is 6. The first-order valence-corrected chi connectivity index (χ1v) is 10.2. The van der Waals surface area contributed by atoms with Gasteiger partial charge in [0.15, 0.2) is 0 Å². The van der Waals surface area contributed by atoms with Gasteiger partial charge in [-0.25, -0.2) is 9.97 Å². The normalized spacial score (nSPS) is 16.0. The van der Waals surface area contributed by atoms with E-state index in [1.165, 1.54) is 0 Å². The number of nitrogens with zero attached hydrogens (tertiary/aromatic N) is 5. The zero-order valence-corrected chi connectivity index (χ0v) is 17.6. The van der Waals surface area contributed by atoms with Gasteiger partial charge in [0, 0.05) is 60.2 Å². The molecule has 9 nitrogen and oxygen atoms in total. The van der Waals surface area contributed by atoms with Crippen molar-refractivity contribution in [3.05, 3.63) is 52.9 Å². The highest BCUT2D eigenvalue weighted by molar-refractivity contribution is 9.10. The first-order chi connectivity index (χ1) is 14.4. The molecule has 2 aromatic heterocycles. The highest BCUT2D eigenvalue weighted by atomic mass is 79.9. The second kappa shape index (κ2) is 8.41. The van der Waals surface area contributed by atoms with E-state index < -0.39 is 18.0 Å². The van der Waals surface area contributed by atoms with E-state index in [1.807, 2.05) is 28.0 Å². The van der Waals surface area contributed by atoms with Gasteiger partial charge < -0.3 is 19.7 Å². The minimum atomic E-state index is -0.984. The minimum absolute atomic E-state index is 0.238. The van der Waals surface area contributed by atoms with Gasteiger partial charge in [0.1, 0.15) is 12.6 Å². The average molecular weight is 474 g/mol. The molecule has 3 aromatic rings. The fraction of sp³-hybridized carbons (Fsp3) is 0.300. The minimum Gasteiger partial charge on any atom is -0.480 e. The standard InChI is InChI=1S/C20H20BrN5O4/c21-13-2-3-14-15(11-26(12-17(27)28)16(14)10-13)18(19(29)30)24-6-8-25(9-7-24)20-22-4-1-5-23-20/h1-5,10-11,18H,6-9,12H2,(H,27,28)(H,29,30)/t18-/m1/s1. The summed E-state index contributed by atoms with van der Waals surface area (Å²) in [5.41, 5.74) is 1.28. The highest BCUT2D eigenvalue weighted by Gasteiger charge is 2.33. The van der Waals surface area contributed by atoms with Crippen molar-refractivity contribution in [2.75, 3.05) is 31.1 Å². The third-order valence-electron chi connectivity index (χ3n) is 5.22. The summed E-state index contributed by atoms with van der Waals surface area (Å²) in [4.78, 5) is 36.0. The molecule has 0 bridgehead atoms. The maximum atomic E-state index is 12.3. The molecule has 1 saturated heterocycles. The Morgan fingerprint density at radius 3 is 2.43 bits per heavy atom. The lowest BCUT2D eigenvalue weighted by atomic mass is 10.0. The number of aliphatic carboxylic acids is 2. The molecule has 30 heavy (non-hydrogen) atoms. The molecule has 0 saturated carbocycles. The van der Waals surface area contributed by atoms with E-state index in [-0.39, 0.29) is 6.54 Å². The van der Waals surface area contributed by atoms with Crippen molar-refractivity contribution in [2.24, 2.45) is 0 Å². The van der Waals surface area contributed by atoms with Crippen LogP contribution in [0.15, 0.2) is 47.3 Å². The number of benzene rings is 1. The van der Waals surface area contributed by atoms with E-state index in [0.29, 0.717) is 43.2 Å². The molecular weight excluding hydrogens is 454 g/mol.